The number of nitrogens with zero attached hydrogens (tertiary/aromatic N) is 2. The van der Waals surface area contributed by atoms with E-state index in [9.17, 15) is 4.79 Å². The van der Waals surface area contributed by atoms with Gasteiger partial charge in [0.05, 0.1) is 24.4 Å². The lowest BCUT2D eigenvalue weighted by molar-refractivity contribution is -0.120. The Kier molecular flexibility index (Phi) is 3.69. The standard InChI is InChI=1S/C17H17N3O/c1-13-15(20-10-6-5-9-16(20)19-13)12-18-17(21)11-14-7-3-2-4-8-14/h2-10H,11-12H2,1H3,(H,18,21). The lowest BCUT2D eigenvalue weighted by Crippen LogP contribution is -2.25. The quantitative estimate of drug-likeness (QED) is 0.797. The molecule has 4 heteroatoms. The molecule has 2 heterocycles. The molecule has 0 aliphatic carbocycles. The van der Waals surface area contributed by atoms with Crippen molar-refractivity contribution in [2.24, 2.45) is 0 Å². The maximum atomic E-state index is 12.0. The molecular weight excluding hydrogens is 262 g/mol. The fourth-order valence-corrected chi connectivity index (χ4v) is 2.40. The predicted octanol–water partition coefficient (Wildman–Crippen LogP) is 2.50. The minimum atomic E-state index is 0.0199. The Balaban J connectivity index is 1.69. The second-order valence-electron chi connectivity index (χ2n) is 5.01. The maximum absolute atomic E-state index is 12.0. The third kappa shape index (κ3) is 2.94. The number of hydrogen-bond acceptors (Lipinski definition) is 2. The molecule has 2 aromatic heterocycles. The highest BCUT2D eigenvalue weighted by Crippen LogP contribution is 2.11. The summed E-state index contributed by atoms with van der Waals surface area (Å²) in [7, 11) is 0. The SMILES string of the molecule is Cc1nc2ccccn2c1CNC(=O)Cc1ccccc1. The normalized spacial score (nSPS) is 10.7. The van der Waals surface area contributed by atoms with Crippen LogP contribution in [0.3, 0.4) is 0 Å². The van der Waals surface area contributed by atoms with Gasteiger partial charge in [0.1, 0.15) is 5.65 Å². The van der Waals surface area contributed by atoms with Crippen LogP contribution in [0.5, 0.6) is 0 Å². The van der Waals surface area contributed by atoms with Crippen molar-refractivity contribution in [3.63, 3.8) is 0 Å². The van der Waals surface area contributed by atoms with Gasteiger partial charge < -0.3 is 9.72 Å². The molecule has 106 valence electrons. The number of fused-ring (bicyclic) bond motifs is 1. The molecule has 3 aromatic rings. The average Bonchev–Trinajstić information content (AvgIpc) is 2.81. The van der Waals surface area contributed by atoms with E-state index < -0.39 is 0 Å². The van der Waals surface area contributed by atoms with Crippen molar-refractivity contribution in [1.29, 1.82) is 0 Å². The van der Waals surface area contributed by atoms with Crippen LogP contribution in [0.25, 0.3) is 5.65 Å². The van der Waals surface area contributed by atoms with Crippen LogP contribution in [0.15, 0.2) is 54.7 Å². The molecule has 1 aromatic carbocycles. The molecule has 1 N–H and O–H groups in total. The summed E-state index contributed by atoms with van der Waals surface area (Å²) in [5, 5.41) is 2.97. The van der Waals surface area contributed by atoms with Gasteiger partial charge in [-0.25, -0.2) is 4.98 Å². The van der Waals surface area contributed by atoms with Gasteiger partial charge in [0.25, 0.3) is 0 Å². The Morgan fingerprint density at radius 1 is 1.14 bits per heavy atom. The number of carbonyl (C=O) groups excluding carboxylic acids is 1. The van der Waals surface area contributed by atoms with Crippen LogP contribution in [0.1, 0.15) is 17.0 Å². The van der Waals surface area contributed by atoms with Crippen LogP contribution in [0.4, 0.5) is 0 Å². The Morgan fingerprint density at radius 2 is 1.90 bits per heavy atom. The molecular formula is C17H17N3O. The van der Waals surface area contributed by atoms with Crippen molar-refractivity contribution in [1.82, 2.24) is 14.7 Å². The number of imidazole rings is 1. The number of carbonyl (C=O) groups is 1. The van der Waals surface area contributed by atoms with Crippen LogP contribution >= 0.6 is 0 Å². The second-order valence-corrected chi connectivity index (χ2v) is 5.01. The molecule has 0 bridgehead atoms. The monoisotopic (exact) mass is 279 g/mol. The first kappa shape index (κ1) is 13.4. The van der Waals surface area contributed by atoms with Gasteiger partial charge in [0.15, 0.2) is 0 Å². The summed E-state index contributed by atoms with van der Waals surface area (Å²) in [4.78, 5) is 16.5. The third-order valence-electron chi connectivity index (χ3n) is 3.49. The molecule has 0 saturated heterocycles. The first-order valence-electron chi connectivity index (χ1n) is 6.97. The molecule has 0 unspecified atom stereocenters. The van der Waals surface area contributed by atoms with Gasteiger partial charge in [-0.15, -0.1) is 0 Å². The molecule has 1 amide bonds. The van der Waals surface area contributed by atoms with E-state index in [2.05, 4.69) is 10.3 Å². The predicted molar refractivity (Wildman–Crippen MR) is 81.9 cm³/mol. The van der Waals surface area contributed by atoms with Gasteiger partial charge in [0, 0.05) is 6.20 Å². The summed E-state index contributed by atoms with van der Waals surface area (Å²) in [6, 6.07) is 15.6. The lowest BCUT2D eigenvalue weighted by atomic mass is 10.1. The zero-order valence-electron chi connectivity index (χ0n) is 11.9. The van der Waals surface area contributed by atoms with E-state index in [0.29, 0.717) is 13.0 Å². The van der Waals surface area contributed by atoms with Crippen molar-refractivity contribution in [2.75, 3.05) is 0 Å². The largest absolute Gasteiger partial charge is 0.350 e. The summed E-state index contributed by atoms with van der Waals surface area (Å²) in [6.45, 7) is 2.45. The van der Waals surface area contributed by atoms with Crippen molar-refractivity contribution in [3.05, 3.63) is 71.7 Å². The Labute approximate surface area is 123 Å². The number of nitrogens with one attached hydrogen (secondary N) is 1. The van der Waals surface area contributed by atoms with Gasteiger partial charge in [-0.3, -0.25) is 4.79 Å². The minimum Gasteiger partial charge on any atom is -0.350 e. The highest BCUT2D eigenvalue weighted by atomic mass is 16.1. The third-order valence-corrected chi connectivity index (χ3v) is 3.49. The molecule has 3 rings (SSSR count). The summed E-state index contributed by atoms with van der Waals surface area (Å²) in [5.41, 5.74) is 3.89. The molecule has 0 aliphatic rings. The Morgan fingerprint density at radius 3 is 2.71 bits per heavy atom. The number of amides is 1. The van der Waals surface area contributed by atoms with E-state index in [1.165, 1.54) is 0 Å². The Bertz CT molecular complexity index is 762. The molecule has 0 fully saturated rings. The van der Waals surface area contributed by atoms with Crippen molar-refractivity contribution < 1.29 is 4.79 Å². The van der Waals surface area contributed by atoms with E-state index in [-0.39, 0.29) is 5.91 Å². The van der Waals surface area contributed by atoms with Crippen LogP contribution in [0.2, 0.25) is 0 Å². The zero-order valence-corrected chi connectivity index (χ0v) is 11.9. The Hall–Kier alpha value is -2.62. The van der Waals surface area contributed by atoms with E-state index in [1.807, 2.05) is 66.1 Å². The van der Waals surface area contributed by atoms with E-state index >= 15 is 0 Å². The first-order valence-corrected chi connectivity index (χ1v) is 6.97. The van der Waals surface area contributed by atoms with Gasteiger partial charge in [-0.05, 0) is 24.6 Å². The van der Waals surface area contributed by atoms with Crippen LogP contribution < -0.4 is 5.32 Å². The van der Waals surface area contributed by atoms with Gasteiger partial charge in [-0.1, -0.05) is 36.4 Å². The van der Waals surface area contributed by atoms with E-state index in [1.54, 1.807) is 0 Å². The number of benzene rings is 1. The highest BCUT2D eigenvalue weighted by molar-refractivity contribution is 5.78. The number of aromatic nitrogens is 2. The maximum Gasteiger partial charge on any atom is 0.224 e. The molecule has 0 radical (unpaired) electrons. The number of aryl methyl sites for hydroxylation is 1. The van der Waals surface area contributed by atoms with Crippen molar-refractivity contribution in [2.45, 2.75) is 19.9 Å². The lowest BCUT2D eigenvalue weighted by Gasteiger charge is -2.06. The topological polar surface area (TPSA) is 46.4 Å². The molecule has 0 aliphatic heterocycles. The van der Waals surface area contributed by atoms with Crippen LogP contribution in [0, 0.1) is 6.92 Å². The zero-order chi connectivity index (χ0) is 14.7. The number of pyridine rings is 1. The summed E-state index contributed by atoms with van der Waals surface area (Å²) >= 11 is 0. The highest BCUT2D eigenvalue weighted by Gasteiger charge is 2.09. The van der Waals surface area contributed by atoms with Gasteiger partial charge in [0.2, 0.25) is 5.91 Å². The number of hydrogen-bond donors (Lipinski definition) is 1. The number of rotatable bonds is 4. The smallest absolute Gasteiger partial charge is 0.224 e. The van der Waals surface area contributed by atoms with E-state index in [4.69, 9.17) is 0 Å². The first-order chi connectivity index (χ1) is 10.2. The van der Waals surface area contributed by atoms with Crippen LogP contribution in [-0.4, -0.2) is 15.3 Å². The average molecular weight is 279 g/mol. The summed E-state index contributed by atoms with van der Waals surface area (Å²) in [5.74, 6) is 0.0199. The molecule has 0 spiro atoms. The van der Waals surface area contributed by atoms with Crippen molar-refractivity contribution in [3.8, 4) is 0 Å². The van der Waals surface area contributed by atoms with Crippen LogP contribution in [-0.2, 0) is 17.8 Å². The fraction of sp³-hybridized carbons (Fsp3) is 0.176. The molecule has 0 atom stereocenters. The molecule has 0 saturated carbocycles. The van der Waals surface area contributed by atoms with Crippen molar-refractivity contribution >= 4 is 11.6 Å². The molecule has 21 heavy (non-hydrogen) atoms. The summed E-state index contributed by atoms with van der Waals surface area (Å²) in [6.07, 6.45) is 2.37. The van der Waals surface area contributed by atoms with Gasteiger partial charge >= 0.3 is 0 Å². The summed E-state index contributed by atoms with van der Waals surface area (Å²) < 4.78 is 2.01. The minimum absolute atomic E-state index is 0.0199. The molecule has 4 nitrogen and oxygen atoms in total. The second kappa shape index (κ2) is 5.79. The van der Waals surface area contributed by atoms with Gasteiger partial charge in [-0.2, -0.15) is 0 Å². The van der Waals surface area contributed by atoms with E-state index in [0.717, 1.165) is 22.6 Å². The fourth-order valence-electron chi connectivity index (χ4n) is 2.40.